The topological polar surface area (TPSA) is 65.8 Å². The minimum absolute atomic E-state index is 0.138. The first-order valence-electron chi connectivity index (χ1n) is 10.7. The molecule has 5 heteroatoms. The van der Waals surface area contributed by atoms with E-state index in [1.165, 1.54) is 11.8 Å². The second-order valence-corrected chi connectivity index (χ2v) is 9.02. The molecule has 0 aliphatic carbocycles. The van der Waals surface area contributed by atoms with Crippen molar-refractivity contribution in [3.05, 3.63) is 102 Å². The predicted molar refractivity (Wildman–Crippen MR) is 135 cm³/mol. The molecule has 0 fully saturated rings. The van der Waals surface area contributed by atoms with Gasteiger partial charge in [-0.15, -0.1) is 0 Å². The van der Waals surface area contributed by atoms with Gasteiger partial charge in [-0.2, -0.15) is 5.26 Å². The van der Waals surface area contributed by atoms with Crippen molar-refractivity contribution < 1.29 is 4.79 Å². The second kappa shape index (κ2) is 10.2. The molecule has 0 unspecified atom stereocenters. The Morgan fingerprint density at radius 1 is 0.939 bits per heavy atom. The molecule has 0 bridgehead atoms. The number of amides is 1. The van der Waals surface area contributed by atoms with Gasteiger partial charge >= 0.3 is 0 Å². The molecular formula is C28H23N3OS. The highest BCUT2D eigenvalue weighted by Crippen LogP contribution is 2.35. The molecule has 0 radical (unpaired) electrons. The number of hydrogen-bond acceptors (Lipinski definition) is 4. The van der Waals surface area contributed by atoms with Gasteiger partial charge in [0.25, 0.3) is 0 Å². The fraction of sp³-hybridized carbons (Fsp3) is 0.107. The van der Waals surface area contributed by atoms with Crippen molar-refractivity contribution in [2.75, 3.05) is 5.32 Å². The summed E-state index contributed by atoms with van der Waals surface area (Å²) < 4.78 is 0. The normalized spacial score (nSPS) is 11.4. The third kappa shape index (κ3) is 5.31. The lowest BCUT2D eigenvalue weighted by Crippen LogP contribution is -2.22. The van der Waals surface area contributed by atoms with Gasteiger partial charge in [0.05, 0.1) is 16.5 Å². The Balaban J connectivity index is 1.71. The Morgan fingerprint density at radius 2 is 1.55 bits per heavy atom. The first-order chi connectivity index (χ1) is 16.0. The lowest BCUT2D eigenvalue weighted by Gasteiger charge is -2.16. The first kappa shape index (κ1) is 22.3. The van der Waals surface area contributed by atoms with Crippen LogP contribution in [0.1, 0.15) is 18.1 Å². The van der Waals surface area contributed by atoms with Crippen LogP contribution in [-0.2, 0) is 4.79 Å². The van der Waals surface area contributed by atoms with Crippen molar-refractivity contribution >= 4 is 23.4 Å². The number of nitrogens with zero attached hydrogens (tertiary/aromatic N) is 2. The van der Waals surface area contributed by atoms with Crippen LogP contribution in [0.4, 0.5) is 5.69 Å². The van der Waals surface area contributed by atoms with E-state index in [4.69, 9.17) is 4.98 Å². The SMILES string of the molecule is Cc1ccc(NC(=O)[C@H](C)Sc2nc(-c3ccccc3)cc(-c3ccccc3)c2C#N)cc1. The predicted octanol–water partition coefficient (Wildman–Crippen LogP) is 6.72. The van der Waals surface area contributed by atoms with Crippen molar-refractivity contribution in [1.82, 2.24) is 4.98 Å². The van der Waals surface area contributed by atoms with E-state index in [9.17, 15) is 10.1 Å². The van der Waals surface area contributed by atoms with Crippen molar-refractivity contribution in [2.45, 2.75) is 24.1 Å². The molecule has 4 nitrogen and oxygen atoms in total. The summed E-state index contributed by atoms with van der Waals surface area (Å²) in [5.74, 6) is -0.138. The average Bonchev–Trinajstić information content (AvgIpc) is 2.86. The maximum absolute atomic E-state index is 12.9. The Morgan fingerprint density at radius 3 is 2.15 bits per heavy atom. The third-order valence-electron chi connectivity index (χ3n) is 5.23. The molecule has 0 aliphatic heterocycles. The molecule has 162 valence electrons. The molecule has 3 aromatic carbocycles. The minimum Gasteiger partial charge on any atom is -0.325 e. The summed E-state index contributed by atoms with van der Waals surface area (Å²) in [6.07, 6.45) is 0. The molecule has 0 spiro atoms. The number of rotatable bonds is 6. The fourth-order valence-electron chi connectivity index (χ4n) is 3.42. The molecule has 1 atom stereocenters. The molecule has 4 rings (SSSR count). The van der Waals surface area contributed by atoms with E-state index in [1.54, 1.807) is 0 Å². The molecule has 33 heavy (non-hydrogen) atoms. The number of anilines is 1. The zero-order chi connectivity index (χ0) is 23.2. The quantitative estimate of drug-likeness (QED) is 0.332. The molecule has 1 heterocycles. The van der Waals surface area contributed by atoms with Gasteiger partial charge in [0.2, 0.25) is 5.91 Å². The van der Waals surface area contributed by atoms with Crippen molar-refractivity contribution in [3.63, 3.8) is 0 Å². The van der Waals surface area contributed by atoms with E-state index < -0.39 is 5.25 Å². The van der Waals surface area contributed by atoms with Gasteiger partial charge in [-0.05, 0) is 37.6 Å². The van der Waals surface area contributed by atoms with Crippen LogP contribution in [0.25, 0.3) is 22.4 Å². The van der Waals surface area contributed by atoms with Crippen molar-refractivity contribution in [1.29, 1.82) is 5.26 Å². The van der Waals surface area contributed by atoms with Crippen LogP contribution in [0, 0.1) is 18.3 Å². The zero-order valence-electron chi connectivity index (χ0n) is 18.4. The van der Waals surface area contributed by atoms with Crippen molar-refractivity contribution in [3.8, 4) is 28.5 Å². The number of pyridine rings is 1. The highest BCUT2D eigenvalue weighted by atomic mass is 32.2. The molecule has 0 saturated heterocycles. The number of nitriles is 1. The summed E-state index contributed by atoms with van der Waals surface area (Å²) in [5, 5.41) is 13.1. The number of carbonyl (C=O) groups is 1. The summed E-state index contributed by atoms with van der Waals surface area (Å²) in [4.78, 5) is 17.7. The number of hydrogen-bond donors (Lipinski definition) is 1. The number of carbonyl (C=O) groups excluding carboxylic acids is 1. The summed E-state index contributed by atoms with van der Waals surface area (Å²) in [6.45, 7) is 3.83. The van der Waals surface area contributed by atoms with E-state index in [-0.39, 0.29) is 5.91 Å². The van der Waals surface area contributed by atoms with E-state index >= 15 is 0 Å². The second-order valence-electron chi connectivity index (χ2n) is 7.69. The van der Waals surface area contributed by atoms with Crippen LogP contribution < -0.4 is 5.32 Å². The molecule has 1 aromatic heterocycles. The van der Waals surface area contributed by atoms with E-state index in [1.807, 2.05) is 105 Å². The monoisotopic (exact) mass is 449 g/mol. The lowest BCUT2D eigenvalue weighted by molar-refractivity contribution is -0.115. The molecule has 4 aromatic rings. The Hall–Kier alpha value is -3.88. The summed E-state index contributed by atoms with van der Waals surface area (Å²) in [5.41, 5.74) is 5.81. The van der Waals surface area contributed by atoms with E-state index in [2.05, 4.69) is 11.4 Å². The summed E-state index contributed by atoms with van der Waals surface area (Å²) in [6, 6.07) is 31.6. The molecular weight excluding hydrogens is 426 g/mol. The van der Waals surface area contributed by atoms with Crippen LogP contribution in [0.2, 0.25) is 0 Å². The number of aryl methyl sites for hydroxylation is 1. The Labute approximate surface area is 198 Å². The van der Waals surface area contributed by atoms with Crippen LogP contribution in [0.15, 0.2) is 96.0 Å². The van der Waals surface area contributed by atoms with Crippen molar-refractivity contribution in [2.24, 2.45) is 0 Å². The summed E-state index contributed by atoms with van der Waals surface area (Å²) >= 11 is 1.30. The van der Waals surface area contributed by atoms with Crippen LogP contribution in [0.3, 0.4) is 0 Å². The average molecular weight is 450 g/mol. The Kier molecular flexibility index (Phi) is 6.87. The number of nitrogens with one attached hydrogen (secondary N) is 1. The maximum Gasteiger partial charge on any atom is 0.237 e. The van der Waals surface area contributed by atoms with Gasteiger partial charge in [0, 0.05) is 16.8 Å². The minimum atomic E-state index is -0.444. The fourth-order valence-corrected chi connectivity index (χ4v) is 4.34. The van der Waals surface area contributed by atoms with Gasteiger partial charge in [-0.25, -0.2) is 4.98 Å². The maximum atomic E-state index is 12.9. The first-order valence-corrected chi connectivity index (χ1v) is 11.5. The smallest absolute Gasteiger partial charge is 0.237 e. The van der Waals surface area contributed by atoms with Crippen LogP contribution in [0.5, 0.6) is 0 Å². The van der Waals surface area contributed by atoms with Crippen LogP contribution in [-0.4, -0.2) is 16.1 Å². The number of thioether (sulfide) groups is 1. The van der Waals surface area contributed by atoms with Gasteiger partial charge < -0.3 is 5.32 Å². The molecule has 1 amide bonds. The molecule has 0 aliphatic rings. The standard InChI is InChI=1S/C28H23N3OS/c1-19-13-15-23(16-14-19)30-27(32)20(2)33-28-25(18-29)24(21-9-5-3-6-10-21)17-26(31-28)22-11-7-4-8-12-22/h3-17,20H,1-2H3,(H,30,32)/t20-/m0/s1. The van der Waals surface area contributed by atoms with E-state index in [0.29, 0.717) is 10.6 Å². The largest absolute Gasteiger partial charge is 0.325 e. The lowest BCUT2D eigenvalue weighted by atomic mass is 9.99. The zero-order valence-corrected chi connectivity index (χ0v) is 19.3. The highest BCUT2D eigenvalue weighted by Gasteiger charge is 2.21. The van der Waals surface area contributed by atoms with Gasteiger partial charge in [-0.1, -0.05) is 90.1 Å². The van der Waals surface area contributed by atoms with E-state index in [0.717, 1.165) is 33.6 Å². The van der Waals surface area contributed by atoms with Gasteiger partial charge in [0.15, 0.2) is 0 Å². The summed E-state index contributed by atoms with van der Waals surface area (Å²) in [7, 11) is 0. The Bertz CT molecular complexity index is 1300. The van der Waals surface area contributed by atoms with Crippen LogP contribution >= 0.6 is 11.8 Å². The molecule has 1 N–H and O–H groups in total. The number of aromatic nitrogens is 1. The highest BCUT2D eigenvalue weighted by molar-refractivity contribution is 8.00. The van der Waals surface area contributed by atoms with Gasteiger partial charge in [-0.3, -0.25) is 4.79 Å². The molecule has 0 saturated carbocycles. The number of benzene rings is 3. The van der Waals surface area contributed by atoms with Gasteiger partial charge in [0.1, 0.15) is 11.1 Å². The third-order valence-corrected chi connectivity index (χ3v) is 6.32.